The molecule has 1 aliphatic rings. The summed E-state index contributed by atoms with van der Waals surface area (Å²) in [6.45, 7) is 2.39. The Bertz CT molecular complexity index is 692. The van der Waals surface area contributed by atoms with E-state index in [2.05, 4.69) is 4.37 Å². The number of esters is 2. The summed E-state index contributed by atoms with van der Waals surface area (Å²) in [7, 11) is 0. The number of hydrogen-bond acceptors (Lipinski definition) is 6. The minimum atomic E-state index is -0.365. The fourth-order valence-corrected chi connectivity index (χ4v) is 2.65. The number of ether oxygens (including phenoxy) is 2. The molecule has 0 amide bonds. The third kappa shape index (κ3) is 2.18. The average Bonchev–Trinajstić information content (AvgIpc) is 3.06. The molecule has 102 valence electrons. The third-order valence-electron chi connectivity index (χ3n) is 2.97. The van der Waals surface area contributed by atoms with Gasteiger partial charge in [-0.1, -0.05) is 6.07 Å². The fourth-order valence-electron chi connectivity index (χ4n) is 2.00. The van der Waals surface area contributed by atoms with Crippen molar-refractivity contribution in [2.24, 2.45) is 0 Å². The summed E-state index contributed by atoms with van der Waals surface area (Å²) in [6, 6.07) is 7.09. The molecule has 0 spiro atoms. The monoisotopic (exact) mass is 289 g/mol. The summed E-state index contributed by atoms with van der Waals surface area (Å²) >= 11 is 1.10. The second kappa shape index (κ2) is 5.05. The lowest BCUT2D eigenvalue weighted by Gasteiger charge is -1.99. The van der Waals surface area contributed by atoms with Crippen LogP contribution < -0.4 is 0 Å². The fraction of sp³-hybridized carbons (Fsp3) is 0.214. The molecule has 0 saturated carbocycles. The van der Waals surface area contributed by atoms with Gasteiger partial charge >= 0.3 is 11.9 Å². The van der Waals surface area contributed by atoms with E-state index in [1.807, 2.05) is 6.07 Å². The maximum absolute atomic E-state index is 11.6. The lowest BCUT2D eigenvalue weighted by Crippen LogP contribution is -2.01. The van der Waals surface area contributed by atoms with Gasteiger partial charge in [0.1, 0.15) is 11.5 Å². The number of cyclic esters (lactones) is 1. The van der Waals surface area contributed by atoms with Crippen LogP contribution in [0.25, 0.3) is 11.3 Å². The Balaban J connectivity index is 1.90. The SMILES string of the molecule is CCOC(=O)c1cc(-c2ccc3c(c2)COC3=O)ns1. The molecular formula is C14H11NO4S. The lowest BCUT2D eigenvalue weighted by molar-refractivity contribution is 0.0524. The molecule has 1 aromatic heterocycles. The van der Waals surface area contributed by atoms with Crippen LogP contribution in [0, 0.1) is 0 Å². The van der Waals surface area contributed by atoms with Gasteiger partial charge in [0, 0.05) is 11.1 Å². The van der Waals surface area contributed by atoms with Crippen molar-refractivity contribution in [1.82, 2.24) is 4.37 Å². The second-order valence-corrected chi connectivity index (χ2v) is 5.05. The molecule has 1 aliphatic heterocycles. The highest BCUT2D eigenvalue weighted by molar-refractivity contribution is 7.08. The maximum Gasteiger partial charge on any atom is 0.349 e. The Morgan fingerprint density at radius 3 is 3.10 bits per heavy atom. The summed E-state index contributed by atoms with van der Waals surface area (Å²) in [6.07, 6.45) is 0. The van der Waals surface area contributed by atoms with Crippen LogP contribution >= 0.6 is 11.5 Å². The van der Waals surface area contributed by atoms with Gasteiger partial charge in [0.05, 0.1) is 17.9 Å². The number of fused-ring (bicyclic) bond motifs is 1. The molecule has 0 radical (unpaired) electrons. The van der Waals surface area contributed by atoms with Crippen LogP contribution in [0.5, 0.6) is 0 Å². The first-order chi connectivity index (χ1) is 9.69. The molecule has 0 atom stereocenters. The molecular weight excluding hydrogens is 278 g/mol. The molecule has 0 unspecified atom stereocenters. The van der Waals surface area contributed by atoms with E-state index in [0.29, 0.717) is 22.7 Å². The van der Waals surface area contributed by atoms with Crippen molar-refractivity contribution in [3.8, 4) is 11.3 Å². The van der Waals surface area contributed by atoms with E-state index in [1.165, 1.54) is 0 Å². The van der Waals surface area contributed by atoms with E-state index in [9.17, 15) is 9.59 Å². The maximum atomic E-state index is 11.6. The molecule has 5 nitrogen and oxygen atoms in total. The Morgan fingerprint density at radius 2 is 2.30 bits per heavy atom. The second-order valence-electron chi connectivity index (χ2n) is 4.24. The van der Waals surface area contributed by atoms with Crippen LogP contribution in [0.15, 0.2) is 24.3 Å². The number of carbonyl (C=O) groups is 2. The zero-order valence-electron chi connectivity index (χ0n) is 10.7. The molecule has 6 heteroatoms. The summed E-state index contributed by atoms with van der Waals surface area (Å²) in [5, 5.41) is 0. The van der Waals surface area contributed by atoms with Crippen molar-refractivity contribution in [3.05, 3.63) is 40.3 Å². The van der Waals surface area contributed by atoms with E-state index in [1.54, 1.807) is 25.1 Å². The zero-order chi connectivity index (χ0) is 14.1. The predicted octanol–water partition coefficient (Wildman–Crippen LogP) is 2.66. The molecule has 3 rings (SSSR count). The van der Waals surface area contributed by atoms with E-state index in [4.69, 9.17) is 9.47 Å². The van der Waals surface area contributed by atoms with Crippen molar-refractivity contribution in [1.29, 1.82) is 0 Å². The van der Waals surface area contributed by atoms with Gasteiger partial charge in [0.2, 0.25) is 0 Å². The molecule has 20 heavy (non-hydrogen) atoms. The minimum Gasteiger partial charge on any atom is -0.462 e. The number of benzene rings is 1. The molecule has 0 bridgehead atoms. The van der Waals surface area contributed by atoms with Gasteiger partial charge in [-0.05, 0) is 36.7 Å². The quantitative estimate of drug-likeness (QED) is 0.813. The molecule has 0 saturated heterocycles. The van der Waals surface area contributed by atoms with E-state index in [-0.39, 0.29) is 18.5 Å². The van der Waals surface area contributed by atoms with Gasteiger partial charge in [-0.2, -0.15) is 4.37 Å². The van der Waals surface area contributed by atoms with Gasteiger partial charge < -0.3 is 9.47 Å². The third-order valence-corrected chi connectivity index (χ3v) is 3.74. The largest absolute Gasteiger partial charge is 0.462 e. The number of aromatic nitrogens is 1. The van der Waals surface area contributed by atoms with E-state index < -0.39 is 0 Å². The molecule has 2 aromatic rings. The zero-order valence-corrected chi connectivity index (χ0v) is 11.5. The highest BCUT2D eigenvalue weighted by Crippen LogP contribution is 2.28. The van der Waals surface area contributed by atoms with E-state index >= 15 is 0 Å². The molecule has 0 fully saturated rings. The molecule has 1 aromatic carbocycles. The summed E-state index contributed by atoms with van der Waals surface area (Å²) in [4.78, 5) is 23.5. The normalized spacial score (nSPS) is 12.9. The van der Waals surface area contributed by atoms with Crippen molar-refractivity contribution in [3.63, 3.8) is 0 Å². The summed E-state index contributed by atoms with van der Waals surface area (Å²) in [5.41, 5.74) is 2.99. The van der Waals surface area contributed by atoms with Crippen molar-refractivity contribution in [2.45, 2.75) is 13.5 Å². The smallest absolute Gasteiger partial charge is 0.349 e. The molecule has 0 aliphatic carbocycles. The van der Waals surface area contributed by atoms with Crippen LogP contribution in [0.4, 0.5) is 0 Å². The average molecular weight is 289 g/mol. The molecule has 2 heterocycles. The highest BCUT2D eigenvalue weighted by atomic mass is 32.1. The van der Waals surface area contributed by atoms with Crippen molar-refractivity contribution >= 4 is 23.5 Å². The number of hydrogen-bond donors (Lipinski definition) is 0. The van der Waals surface area contributed by atoms with Gasteiger partial charge in [-0.25, -0.2) is 9.59 Å². The topological polar surface area (TPSA) is 65.5 Å². The lowest BCUT2D eigenvalue weighted by atomic mass is 10.0. The standard InChI is InChI=1S/C14H11NO4S/c1-2-18-14(17)12-6-11(15-20-12)8-3-4-10-9(5-8)7-19-13(10)16/h3-6H,2,7H2,1H3. The Morgan fingerprint density at radius 1 is 1.45 bits per heavy atom. The van der Waals surface area contributed by atoms with Crippen LogP contribution in [0.1, 0.15) is 32.5 Å². The molecule has 0 N–H and O–H groups in total. The number of carbonyl (C=O) groups excluding carboxylic acids is 2. The predicted molar refractivity (Wildman–Crippen MR) is 72.6 cm³/mol. The first-order valence-corrected chi connectivity index (χ1v) is 6.90. The van der Waals surface area contributed by atoms with Gasteiger partial charge in [0.15, 0.2) is 0 Å². The van der Waals surface area contributed by atoms with Crippen LogP contribution in [0.2, 0.25) is 0 Å². The first kappa shape index (κ1) is 12.8. The first-order valence-electron chi connectivity index (χ1n) is 6.13. The Labute approximate surface area is 119 Å². The van der Waals surface area contributed by atoms with Gasteiger partial charge in [-0.3, -0.25) is 0 Å². The number of nitrogens with zero attached hydrogens (tertiary/aromatic N) is 1. The number of rotatable bonds is 3. The van der Waals surface area contributed by atoms with Gasteiger partial charge in [-0.15, -0.1) is 0 Å². The Kier molecular flexibility index (Phi) is 3.23. The summed E-state index contributed by atoms with van der Waals surface area (Å²) in [5.74, 6) is -0.659. The minimum absolute atomic E-state index is 0.289. The van der Waals surface area contributed by atoms with Crippen LogP contribution in [-0.2, 0) is 16.1 Å². The van der Waals surface area contributed by atoms with Crippen molar-refractivity contribution < 1.29 is 19.1 Å². The van der Waals surface area contributed by atoms with Crippen LogP contribution in [0.3, 0.4) is 0 Å². The van der Waals surface area contributed by atoms with Gasteiger partial charge in [0.25, 0.3) is 0 Å². The Hall–Kier alpha value is -2.21. The van der Waals surface area contributed by atoms with Crippen molar-refractivity contribution in [2.75, 3.05) is 6.61 Å². The highest BCUT2D eigenvalue weighted by Gasteiger charge is 2.22. The summed E-state index contributed by atoms with van der Waals surface area (Å²) < 4.78 is 14.1. The van der Waals surface area contributed by atoms with E-state index in [0.717, 1.165) is 22.7 Å². The van der Waals surface area contributed by atoms with Crippen LogP contribution in [-0.4, -0.2) is 22.9 Å².